The maximum absolute atomic E-state index is 5.07. The number of anilines is 1. The predicted molar refractivity (Wildman–Crippen MR) is 106 cm³/mol. The lowest BCUT2D eigenvalue weighted by Gasteiger charge is -2.43. The Labute approximate surface area is 150 Å². The molecule has 0 spiro atoms. The molecule has 0 N–H and O–H groups in total. The second kappa shape index (κ2) is 7.06. The molecular formula is C22H38N2. The Morgan fingerprint density at radius 3 is 2.12 bits per heavy atom. The van der Waals surface area contributed by atoms with Gasteiger partial charge in [0.05, 0.1) is 0 Å². The van der Waals surface area contributed by atoms with Crippen molar-refractivity contribution in [3.63, 3.8) is 0 Å². The lowest BCUT2D eigenvalue weighted by molar-refractivity contribution is 0.266. The number of rotatable bonds is 2. The lowest BCUT2D eigenvalue weighted by atomic mass is 9.72. The first kappa shape index (κ1) is 19.3. The largest absolute Gasteiger partial charge is 0.371 e. The molecule has 0 radical (unpaired) electrons. The van der Waals surface area contributed by atoms with Gasteiger partial charge in [0.1, 0.15) is 0 Å². The van der Waals surface area contributed by atoms with Gasteiger partial charge in [-0.25, -0.2) is 0 Å². The van der Waals surface area contributed by atoms with Crippen LogP contribution in [0.5, 0.6) is 0 Å². The van der Waals surface area contributed by atoms with E-state index in [1.165, 1.54) is 34.6 Å². The number of pyridine rings is 1. The molecule has 1 aromatic heterocycles. The Balaban J connectivity index is 2.83. The minimum absolute atomic E-state index is 0.468. The van der Waals surface area contributed by atoms with Gasteiger partial charge in [0, 0.05) is 35.7 Å². The molecule has 2 heteroatoms. The summed E-state index contributed by atoms with van der Waals surface area (Å²) in [6, 6.07) is 0.548. The zero-order chi connectivity index (χ0) is 18.3. The van der Waals surface area contributed by atoms with Crippen molar-refractivity contribution < 1.29 is 0 Å². The molecule has 4 atom stereocenters. The van der Waals surface area contributed by atoms with Gasteiger partial charge in [0.25, 0.3) is 0 Å². The Hall–Kier alpha value is -1.05. The normalized spacial score (nSPS) is 28.1. The van der Waals surface area contributed by atoms with Crippen LogP contribution >= 0.6 is 0 Å². The highest BCUT2D eigenvalue weighted by Gasteiger charge is 2.36. The number of hydrogen-bond acceptors (Lipinski definition) is 2. The van der Waals surface area contributed by atoms with Crippen molar-refractivity contribution in [3.05, 3.63) is 22.5 Å². The van der Waals surface area contributed by atoms with Gasteiger partial charge in [-0.2, -0.15) is 0 Å². The van der Waals surface area contributed by atoms with Crippen molar-refractivity contribution in [2.45, 2.75) is 86.6 Å². The van der Waals surface area contributed by atoms with Gasteiger partial charge in [-0.1, -0.05) is 41.5 Å². The van der Waals surface area contributed by atoms with E-state index < -0.39 is 0 Å². The quantitative estimate of drug-likeness (QED) is 0.655. The van der Waals surface area contributed by atoms with Crippen LogP contribution in [-0.4, -0.2) is 18.1 Å². The number of hydrogen-bond donors (Lipinski definition) is 0. The van der Waals surface area contributed by atoms with Crippen molar-refractivity contribution in [1.82, 2.24) is 4.98 Å². The van der Waals surface area contributed by atoms with Crippen LogP contribution in [0.2, 0.25) is 0 Å². The van der Waals surface area contributed by atoms with Crippen LogP contribution in [0.25, 0.3) is 0 Å². The predicted octanol–water partition coefficient (Wildman–Crippen LogP) is 6.06. The Bertz CT molecular complexity index is 588. The third-order valence-corrected chi connectivity index (χ3v) is 6.69. The van der Waals surface area contributed by atoms with E-state index in [0.717, 1.165) is 5.92 Å². The summed E-state index contributed by atoms with van der Waals surface area (Å²) in [6.07, 6.45) is 1.27. The summed E-state index contributed by atoms with van der Waals surface area (Å²) in [5, 5.41) is 0. The summed E-state index contributed by atoms with van der Waals surface area (Å²) >= 11 is 0. The first-order valence-corrected chi connectivity index (χ1v) is 9.81. The lowest BCUT2D eigenvalue weighted by Crippen LogP contribution is -2.41. The van der Waals surface area contributed by atoms with Crippen molar-refractivity contribution in [3.8, 4) is 0 Å². The van der Waals surface area contributed by atoms with Crippen molar-refractivity contribution in [1.29, 1.82) is 0 Å². The number of fused-ring (bicyclic) bond motifs is 1. The third-order valence-electron chi connectivity index (χ3n) is 6.69. The number of aromatic nitrogens is 1. The highest BCUT2D eigenvalue weighted by Crippen LogP contribution is 2.46. The molecule has 2 nitrogen and oxygen atoms in total. The van der Waals surface area contributed by atoms with Gasteiger partial charge in [-0.3, -0.25) is 4.98 Å². The zero-order valence-corrected chi connectivity index (χ0v) is 17.6. The van der Waals surface area contributed by atoms with Gasteiger partial charge in [-0.15, -0.1) is 0 Å². The summed E-state index contributed by atoms with van der Waals surface area (Å²) in [7, 11) is 2.30. The second-order valence-electron chi connectivity index (χ2n) is 8.90. The molecule has 0 aromatic carbocycles. The molecule has 0 saturated carbocycles. The van der Waals surface area contributed by atoms with E-state index in [4.69, 9.17) is 4.98 Å². The molecule has 0 fully saturated rings. The molecule has 1 unspecified atom stereocenters. The van der Waals surface area contributed by atoms with E-state index in [1.54, 1.807) is 0 Å². The summed E-state index contributed by atoms with van der Waals surface area (Å²) in [4.78, 5) is 7.62. The first-order valence-electron chi connectivity index (χ1n) is 9.81. The molecule has 136 valence electrons. The maximum atomic E-state index is 5.07. The fraction of sp³-hybridized carbons (Fsp3) is 0.773. The molecular weight excluding hydrogens is 292 g/mol. The molecule has 2 rings (SSSR count). The van der Waals surface area contributed by atoms with Gasteiger partial charge in [-0.05, 0) is 62.3 Å². The summed E-state index contributed by atoms with van der Waals surface area (Å²) < 4.78 is 0. The van der Waals surface area contributed by atoms with Gasteiger partial charge >= 0.3 is 0 Å². The molecule has 0 saturated heterocycles. The molecule has 24 heavy (non-hydrogen) atoms. The Kier molecular flexibility index (Phi) is 5.67. The molecule has 0 aliphatic carbocycles. The maximum Gasteiger partial charge on any atom is 0.0487 e. The Morgan fingerprint density at radius 2 is 1.62 bits per heavy atom. The molecule has 0 amide bonds. The van der Waals surface area contributed by atoms with Crippen LogP contribution in [0, 0.1) is 31.6 Å². The van der Waals surface area contributed by atoms with E-state index >= 15 is 0 Å². The smallest absolute Gasteiger partial charge is 0.0487 e. The topological polar surface area (TPSA) is 16.1 Å². The van der Waals surface area contributed by atoms with Crippen LogP contribution in [0.4, 0.5) is 5.69 Å². The van der Waals surface area contributed by atoms with Gasteiger partial charge < -0.3 is 4.90 Å². The van der Waals surface area contributed by atoms with Gasteiger partial charge in [0.2, 0.25) is 0 Å². The summed E-state index contributed by atoms with van der Waals surface area (Å²) in [5.41, 5.74) is 6.90. The van der Waals surface area contributed by atoms with E-state index in [-0.39, 0.29) is 0 Å². The minimum Gasteiger partial charge on any atom is -0.371 e. The zero-order valence-electron chi connectivity index (χ0n) is 17.6. The van der Waals surface area contributed by atoms with Crippen LogP contribution in [-0.2, 0) is 0 Å². The summed E-state index contributed by atoms with van der Waals surface area (Å²) in [5.74, 6) is 3.12. The average Bonchev–Trinajstić information content (AvgIpc) is 2.51. The molecule has 2 heterocycles. The highest BCUT2D eigenvalue weighted by molar-refractivity contribution is 5.64. The van der Waals surface area contributed by atoms with Crippen LogP contribution in [0.15, 0.2) is 0 Å². The average molecular weight is 331 g/mol. The van der Waals surface area contributed by atoms with Crippen molar-refractivity contribution >= 4 is 5.69 Å². The minimum atomic E-state index is 0.468. The third kappa shape index (κ3) is 3.21. The van der Waals surface area contributed by atoms with Crippen molar-refractivity contribution in [2.24, 2.45) is 17.8 Å². The van der Waals surface area contributed by atoms with Crippen LogP contribution < -0.4 is 4.90 Å². The number of nitrogens with zero attached hydrogens (tertiary/aromatic N) is 2. The van der Waals surface area contributed by atoms with E-state index in [9.17, 15) is 0 Å². The van der Waals surface area contributed by atoms with E-state index in [2.05, 4.69) is 74.3 Å². The van der Waals surface area contributed by atoms with Crippen molar-refractivity contribution in [2.75, 3.05) is 11.9 Å². The van der Waals surface area contributed by atoms with Crippen LogP contribution in [0.3, 0.4) is 0 Å². The SMILES string of the molecule is Cc1nc(C(C)C)c2c(c1C)N(C)[C@H](C)[C@H](C)[C@H](C)CC2C(C)C. The highest BCUT2D eigenvalue weighted by atomic mass is 15.1. The van der Waals surface area contributed by atoms with Crippen LogP contribution in [0.1, 0.15) is 89.2 Å². The molecule has 1 aliphatic rings. The standard InChI is InChI=1S/C22H38N2/c1-12(2)19-11-14(5)15(6)18(9)24(10)22-16(7)17(8)23-21(13(3)4)20(19)22/h12-15,18-19H,11H2,1-10H3/t14-,15-,18-,19?/m1/s1. The molecule has 1 aromatic rings. The van der Waals surface area contributed by atoms with E-state index in [1.807, 2.05) is 0 Å². The molecule has 0 bridgehead atoms. The fourth-order valence-corrected chi connectivity index (χ4v) is 4.45. The molecule has 1 aliphatic heterocycles. The second-order valence-corrected chi connectivity index (χ2v) is 8.90. The summed E-state index contributed by atoms with van der Waals surface area (Å²) in [6.45, 7) is 21.1. The van der Waals surface area contributed by atoms with Gasteiger partial charge in [0.15, 0.2) is 0 Å². The number of aryl methyl sites for hydroxylation is 1. The fourth-order valence-electron chi connectivity index (χ4n) is 4.45. The monoisotopic (exact) mass is 330 g/mol. The Morgan fingerprint density at radius 1 is 1.04 bits per heavy atom. The first-order chi connectivity index (χ1) is 11.1. The van der Waals surface area contributed by atoms with E-state index in [0.29, 0.717) is 29.7 Å².